The third-order valence-corrected chi connectivity index (χ3v) is 5.60. The number of nitrogens with one attached hydrogen (secondary N) is 1. The second-order valence-electron chi connectivity index (χ2n) is 6.44. The number of rotatable bonds is 6. The van der Waals surface area contributed by atoms with Crippen molar-refractivity contribution in [2.75, 3.05) is 50.4 Å². The molecule has 2 aromatic heterocycles. The summed E-state index contributed by atoms with van der Waals surface area (Å²) < 4.78 is 5.40. The molecule has 140 valence electrons. The van der Waals surface area contributed by atoms with E-state index in [0.717, 1.165) is 71.9 Å². The molecule has 3 aromatic rings. The van der Waals surface area contributed by atoms with E-state index in [1.54, 1.807) is 23.7 Å². The largest absolute Gasteiger partial charge is 0.399 e. The van der Waals surface area contributed by atoms with Crippen molar-refractivity contribution in [3.8, 4) is 21.7 Å². The standard InChI is InChI=1S/C20H23N5OS/c21-17-3-1-2-16(14-17)19-18(15-4-6-22-7-5-15)24-20(27-19)23-8-9-25-10-12-26-13-11-25/h1-7,14H,8-13,21H2,(H,23,24). The summed E-state index contributed by atoms with van der Waals surface area (Å²) in [6.45, 7) is 5.49. The van der Waals surface area contributed by atoms with E-state index in [9.17, 15) is 0 Å². The summed E-state index contributed by atoms with van der Waals surface area (Å²) in [5, 5.41) is 4.41. The number of nitrogens with two attached hydrogens (primary N) is 1. The Morgan fingerprint density at radius 1 is 1.11 bits per heavy atom. The molecule has 3 N–H and O–H groups in total. The van der Waals surface area contributed by atoms with Crippen LogP contribution >= 0.6 is 11.3 Å². The highest BCUT2D eigenvalue weighted by atomic mass is 32.1. The normalized spacial score (nSPS) is 15.0. The molecular formula is C20H23N5OS. The topological polar surface area (TPSA) is 76.3 Å². The van der Waals surface area contributed by atoms with Crippen LogP contribution in [-0.2, 0) is 4.74 Å². The van der Waals surface area contributed by atoms with E-state index in [1.807, 2.05) is 30.3 Å². The fourth-order valence-corrected chi connectivity index (χ4v) is 4.13. The van der Waals surface area contributed by atoms with Crippen molar-refractivity contribution in [3.63, 3.8) is 0 Å². The molecule has 1 saturated heterocycles. The Kier molecular flexibility index (Phi) is 5.62. The lowest BCUT2D eigenvalue weighted by Crippen LogP contribution is -2.38. The van der Waals surface area contributed by atoms with E-state index in [-0.39, 0.29) is 0 Å². The van der Waals surface area contributed by atoms with Gasteiger partial charge in [-0.2, -0.15) is 0 Å². The van der Waals surface area contributed by atoms with E-state index in [2.05, 4.69) is 21.3 Å². The van der Waals surface area contributed by atoms with Gasteiger partial charge in [0.15, 0.2) is 5.13 Å². The van der Waals surface area contributed by atoms with Crippen LogP contribution in [0, 0.1) is 0 Å². The molecule has 0 radical (unpaired) electrons. The van der Waals surface area contributed by atoms with Crippen LogP contribution in [-0.4, -0.2) is 54.3 Å². The minimum atomic E-state index is 0.753. The maximum atomic E-state index is 6.00. The van der Waals surface area contributed by atoms with Crippen LogP contribution in [0.3, 0.4) is 0 Å². The fourth-order valence-electron chi connectivity index (χ4n) is 3.12. The Hall–Kier alpha value is -2.48. The highest BCUT2D eigenvalue weighted by Crippen LogP contribution is 2.39. The first-order chi connectivity index (χ1) is 13.3. The highest BCUT2D eigenvalue weighted by Gasteiger charge is 2.16. The van der Waals surface area contributed by atoms with Gasteiger partial charge in [0.25, 0.3) is 0 Å². The van der Waals surface area contributed by atoms with Gasteiger partial charge < -0.3 is 15.8 Å². The van der Waals surface area contributed by atoms with Crippen LogP contribution in [0.25, 0.3) is 21.7 Å². The molecule has 27 heavy (non-hydrogen) atoms. The molecule has 1 aliphatic rings. The molecule has 4 rings (SSSR count). The Balaban J connectivity index is 1.56. The van der Waals surface area contributed by atoms with Crippen LogP contribution in [0.2, 0.25) is 0 Å². The lowest BCUT2D eigenvalue weighted by atomic mass is 10.1. The number of morpholine rings is 1. The van der Waals surface area contributed by atoms with E-state index < -0.39 is 0 Å². The molecule has 0 atom stereocenters. The predicted octanol–water partition coefficient (Wildman–Crippen LogP) is 3.20. The molecule has 0 bridgehead atoms. The van der Waals surface area contributed by atoms with Crippen molar-refractivity contribution in [1.82, 2.24) is 14.9 Å². The minimum absolute atomic E-state index is 0.753. The minimum Gasteiger partial charge on any atom is -0.399 e. The van der Waals surface area contributed by atoms with E-state index in [1.165, 1.54) is 0 Å². The number of benzene rings is 1. The van der Waals surface area contributed by atoms with Crippen molar-refractivity contribution in [2.45, 2.75) is 0 Å². The van der Waals surface area contributed by atoms with Crippen molar-refractivity contribution < 1.29 is 4.74 Å². The predicted molar refractivity (Wildman–Crippen MR) is 111 cm³/mol. The molecule has 0 aliphatic carbocycles. The van der Waals surface area contributed by atoms with Gasteiger partial charge in [-0.15, -0.1) is 0 Å². The van der Waals surface area contributed by atoms with Crippen molar-refractivity contribution >= 4 is 22.2 Å². The highest BCUT2D eigenvalue weighted by molar-refractivity contribution is 7.19. The molecule has 1 fully saturated rings. The number of hydrogen-bond acceptors (Lipinski definition) is 7. The van der Waals surface area contributed by atoms with Crippen molar-refractivity contribution in [3.05, 3.63) is 48.8 Å². The lowest BCUT2D eigenvalue weighted by molar-refractivity contribution is 0.0398. The summed E-state index contributed by atoms with van der Waals surface area (Å²) >= 11 is 1.66. The molecule has 7 heteroatoms. The Morgan fingerprint density at radius 2 is 1.93 bits per heavy atom. The summed E-state index contributed by atoms with van der Waals surface area (Å²) in [5.74, 6) is 0. The van der Waals surface area contributed by atoms with Crippen molar-refractivity contribution in [2.24, 2.45) is 0 Å². The monoisotopic (exact) mass is 381 g/mol. The second kappa shape index (κ2) is 8.47. The number of thiazole rings is 1. The smallest absolute Gasteiger partial charge is 0.183 e. The van der Waals surface area contributed by atoms with Crippen LogP contribution in [0.4, 0.5) is 10.8 Å². The first-order valence-corrected chi connectivity index (χ1v) is 9.92. The summed E-state index contributed by atoms with van der Waals surface area (Å²) in [6, 6.07) is 11.9. The first kappa shape index (κ1) is 17.9. The van der Waals surface area contributed by atoms with Gasteiger partial charge in [0.2, 0.25) is 0 Å². The van der Waals surface area contributed by atoms with E-state index in [0.29, 0.717) is 0 Å². The zero-order chi connectivity index (χ0) is 18.5. The Labute approximate surface area is 163 Å². The Bertz CT molecular complexity index is 877. The quantitative estimate of drug-likeness (QED) is 0.639. The van der Waals surface area contributed by atoms with E-state index in [4.69, 9.17) is 15.5 Å². The maximum absolute atomic E-state index is 6.00. The lowest BCUT2D eigenvalue weighted by Gasteiger charge is -2.26. The molecule has 0 spiro atoms. The van der Waals surface area contributed by atoms with Gasteiger partial charge in [-0.3, -0.25) is 9.88 Å². The number of nitrogens with zero attached hydrogens (tertiary/aromatic N) is 3. The molecule has 1 aromatic carbocycles. The molecule has 1 aliphatic heterocycles. The average molecular weight is 382 g/mol. The second-order valence-corrected chi connectivity index (χ2v) is 7.44. The van der Waals surface area contributed by atoms with Gasteiger partial charge in [-0.25, -0.2) is 4.98 Å². The molecule has 6 nitrogen and oxygen atoms in total. The van der Waals surface area contributed by atoms with Gasteiger partial charge in [0, 0.05) is 49.8 Å². The van der Waals surface area contributed by atoms with Gasteiger partial charge in [0.05, 0.1) is 23.8 Å². The maximum Gasteiger partial charge on any atom is 0.183 e. The number of pyridine rings is 1. The van der Waals surface area contributed by atoms with Crippen LogP contribution in [0.5, 0.6) is 0 Å². The number of nitrogen functional groups attached to an aromatic ring is 1. The molecule has 0 amide bonds. The summed E-state index contributed by atoms with van der Waals surface area (Å²) in [4.78, 5) is 12.5. The molecule has 0 unspecified atom stereocenters. The third kappa shape index (κ3) is 4.44. The van der Waals surface area contributed by atoms with Crippen LogP contribution in [0.15, 0.2) is 48.8 Å². The van der Waals surface area contributed by atoms with Gasteiger partial charge in [0.1, 0.15) is 0 Å². The Morgan fingerprint density at radius 3 is 2.70 bits per heavy atom. The van der Waals surface area contributed by atoms with Gasteiger partial charge >= 0.3 is 0 Å². The third-order valence-electron chi connectivity index (χ3n) is 4.54. The zero-order valence-electron chi connectivity index (χ0n) is 15.1. The van der Waals surface area contributed by atoms with Gasteiger partial charge in [-0.1, -0.05) is 23.5 Å². The average Bonchev–Trinajstić information content (AvgIpc) is 3.14. The number of ether oxygens (including phenoxy) is 1. The summed E-state index contributed by atoms with van der Waals surface area (Å²) in [7, 11) is 0. The van der Waals surface area contributed by atoms with Crippen molar-refractivity contribution in [1.29, 1.82) is 0 Å². The number of aromatic nitrogens is 2. The summed E-state index contributed by atoms with van der Waals surface area (Å²) in [6.07, 6.45) is 3.59. The first-order valence-electron chi connectivity index (χ1n) is 9.11. The van der Waals surface area contributed by atoms with Crippen LogP contribution < -0.4 is 11.1 Å². The fraction of sp³-hybridized carbons (Fsp3) is 0.300. The van der Waals surface area contributed by atoms with E-state index >= 15 is 0 Å². The molecule has 0 saturated carbocycles. The van der Waals surface area contributed by atoms with Gasteiger partial charge in [-0.05, 0) is 29.8 Å². The molecule has 3 heterocycles. The zero-order valence-corrected chi connectivity index (χ0v) is 15.9. The number of anilines is 2. The summed E-state index contributed by atoms with van der Waals surface area (Å²) in [5.41, 5.74) is 9.85. The number of hydrogen-bond donors (Lipinski definition) is 2. The molecular weight excluding hydrogens is 358 g/mol. The SMILES string of the molecule is Nc1cccc(-c2sc(NCCN3CCOCC3)nc2-c2ccncc2)c1. The van der Waals surface area contributed by atoms with Crippen LogP contribution in [0.1, 0.15) is 0 Å².